The first kappa shape index (κ1) is 8.55. The van der Waals surface area contributed by atoms with E-state index in [0.717, 1.165) is 11.5 Å². The fraction of sp³-hybridized carbons (Fsp3) is 0.400. The third-order valence-corrected chi connectivity index (χ3v) is 1.64. The summed E-state index contributed by atoms with van der Waals surface area (Å²) in [5.41, 5.74) is -0.0515. The van der Waals surface area contributed by atoms with Crippen molar-refractivity contribution in [2.45, 2.75) is 6.92 Å². The second kappa shape index (κ2) is 3.73. The summed E-state index contributed by atoms with van der Waals surface area (Å²) in [5, 5.41) is 11.9. The zero-order valence-electron chi connectivity index (χ0n) is 6.22. The smallest absolute Gasteiger partial charge is 0.461 e. The Morgan fingerprint density at radius 3 is 3.17 bits per heavy atom. The van der Waals surface area contributed by atoms with Crippen molar-refractivity contribution in [3.63, 3.8) is 0 Å². The zero-order valence-corrected chi connectivity index (χ0v) is 7.04. The van der Waals surface area contributed by atoms with Crippen LogP contribution in [-0.2, 0) is 4.74 Å². The molecule has 0 fully saturated rings. The van der Waals surface area contributed by atoms with E-state index in [0.29, 0.717) is 0 Å². The average Bonchev–Trinajstić information content (AvgIpc) is 2.51. The molecule has 0 spiro atoms. The van der Waals surface area contributed by atoms with E-state index in [2.05, 4.69) is 19.3 Å². The SMILES string of the molecule is CCOC(=O)c1nnsc1[N+]#N. The van der Waals surface area contributed by atoms with Gasteiger partial charge in [0.2, 0.25) is 5.39 Å². The van der Waals surface area contributed by atoms with Crippen molar-refractivity contribution < 1.29 is 9.53 Å². The van der Waals surface area contributed by atoms with Gasteiger partial charge in [0.25, 0.3) is 5.69 Å². The number of hydrogen-bond donors (Lipinski definition) is 0. The van der Waals surface area contributed by atoms with Gasteiger partial charge in [0.15, 0.2) is 4.98 Å². The molecule has 0 aromatic carbocycles. The molecule has 0 atom stereocenters. The fourth-order valence-corrected chi connectivity index (χ4v) is 1.03. The molecule has 62 valence electrons. The predicted octanol–water partition coefficient (Wildman–Crippen LogP) is 1.20. The molecule has 1 aromatic heterocycles. The molecule has 1 heterocycles. The third kappa shape index (κ3) is 1.54. The lowest BCUT2D eigenvalue weighted by atomic mass is 10.5. The Morgan fingerprint density at radius 2 is 2.58 bits per heavy atom. The number of hydrogen-bond acceptors (Lipinski definition) is 6. The maximum atomic E-state index is 11.0. The van der Waals surface area contributed by atoms with Crippen LogP contribution in [0, 0.1) is 5.39 Å². The number of rotatable bonds is 2. The van der Waals surface area contributed by atoms with Gasteiger partial charge in [-0.05, 0) is 6.92 Å². The van der Waals surface area contributed by atoms with Crippen molar-refractivity contribution in [3.8, 4) is 0 Å². The van der Waals surface area contributed by atoms with Gasteiger partial charge in [0.1, 0.15) is 0 Å². The first-order chi connectivity index (χ1) is 5.79. The monoisotopic (exact) mass is 185 g/mol. The molecular weight excluding hydrogens is 180 g/mol. The summed E-state index contributed by atoms with van der Waals surface area (Å²) >= 11 is 0.825. The first-order valence-electron chi connectivity index (χ1n) is 3.14. The second-order valence-electron chi connectivity index (χ2n) is 1.75. The van der Waals surface area contributed by atoms with Crippen molar-refractivity contribution >= 4 is 22.5 Å². The number of carbonyl (C=O) groups excluding carboxylic acids is 1. The molecule has 0 N–H and O–H groups in total. The molecule has 0 bridgehead atoms. The van der Waals surface area contributed by atoms with Crippen LogP contribution in [0.25, 0.3) is 4.98 Å². The predicted molar refractivity (Wildman–Crippen MR) is 40.6 cm³/mol. The molecule has 1 rings (SSSR count). The maximum absolute atomic E-state index is 11.0. The highest BCUT2D eigenvalue weighted by atomic mass is 32.1. The number of diazo groups is 1. The van der Waals surface area contributed by atoms with Crippen LogP contribution in [0.2, 0.25) is 0 Å². The van der Waals surface area contributed by atoms with E-state index in [1.165, 1.54) is 0 Å². The minimum absolute atomic E-state index is 0.0515. The summed E-state index contributed by atoms with van der Waals surface area (Å²) in [4.78, 5) is 13.8. The van der Waals surface area contributed by atoms with Crippen LogP contribution in [0.15, 0.2) is 0 Å². The lowest BCUT2D eigenvalue weighted by Gasteiger charge is -1.92. The summed E-state index contributed by atoms with van der Waals surface area (Å²) in [5.74, 6) is -0.626. The molecule has 7 heteroatoms. The third-order valence-electron chi connectivity index (χ3n) is 1.03. The van der Waals surface area contributed by atoms with Gasteiger partial charge in [-0.3, -0.25) is 0 Å². The number of carbonyl (C=O) groups is 1. The average molecular weight is 185 g/mol. The summed E-state index contributed by atoms with van der Waals surface area (Å²) in [6.07, 6.45) is 0. The van der Waals surface area contributed by atoms with Gasteiger partial charge in [0.05, 0.1) is 18.1 Å². The van der Waals surface area contributed by atoms with E-state index in [1.54, 1.807) is 6.92 Å². The number of esters is 1. The van der Waals surface area contributed by atoms with Crippen LogP contribution in [-0.4, -0.2) is 22.2 Å². The molecule has 12 heavy (non-hydrogen) atoms. The molecule has 0 unspecified atom stereocenters. The summed E-state index contributed by atoms with van der Waals surface area (Å²) < 4.78 is 8.06. The highest BCUT2D eigenvalue weighted by Gasteiger charge is 2.27. The lowest BCUT2D eigenvalue weighted by Crippen LogP contribution is -2.04. The van der Waals surface area contributed by atoms with E-state index in [-0.39, 0.29) is 17.3 Å². The van der Waals surface area contributed by atoms with Gasteiger partial charge in [-0.2, -0.15) is 0 Å². The number of nitrogens with zero attached hydrogens (tertiary/aromatic N) is 4. The van der Waals surface area contributed by atoms with Crippen molar-refractivity contribution in [3.05, 3.63) is 10.7 Å². The normalized spacial score (nSPS) is 9.00. The summed E-state index contributed by atoms with van der Waals surface area (Å²) in [6, 6.07) is 0. The van der Waals surface area contributed by atoms with E-state index in [4.69, 9.17) is 5.39 Å². The highest BCUT2D eigenvalue weighted by molar-refractivity contribution is 7.10. The van der Waals surface area contributed by atoms with Gasteiger partial charge in [-0.25, -0.2) is 4.79 Å². The van der Waals surface area contributed by atoms with Crippen molar-refractivity contribution in [1.82, 2.24) is 9.59 Å². The van der Waals surface area contributed by atoms with Crippen LogP contribution in [0.4, 0.5) is 5.00 Å². The Labute approximate surface area is 72.0 Å². The molecule has 0 amide bonds. The zero-order chi connectivity index (χ0) is 8.97. The van der Waals surface area contributed by atoms with Crippen molar-refractivity contribution in [2.75, 3.05) is 6.61 Å². The number of ether oxygens (including phenoxy) is 1. The Bertz CT molecular complexity index is 328. The van der Waals surface area contributed by atoms with Gasteiger partial charge in [-0.15, -0.1) is 5.10 Å². The van der Waals surface area contributed by atoms with E-state index >= 15 is 0 Å². The molecule has 1 aromatic rings. The summed E-state index contributed by atoms with van der Waals surface area (Å²) in [6.45, 7) is 1.93. The largest absolute Gasteiger partial charge is 0.494 e. The van der Waals surface area contributed by atoms with Crippen LogP contribution in [0.5, 0.6) is 0 Å². The first-order valence-corrected chi connectivity index (χ1v) is 3.91. The van der Waals surface area contributed by atoms with Crippen molar-refractivity contribution in [2.24, 2.45) is 0 Å². The molecule has 0 saturated carbocycles. The van der Waals surface area contributed by atoms with E-state index < -0.39 is 5.97 Å². The minimum Gasteiger partial charge on any atom is -0.461 e. The standard InChI is InChI=1S/C5H5N4O2S/c1-2-11-5(10)3-4(7-6)12-9-8-3/h2H2,1H3/q+1. The quantitative estimate of drug-likeness (QED) is 0.510. The molecule has 6 nitrogen and oxygen atoms in total. The fourth-order valence-electron chi connectivity index (χ4n) is 0.579. The number of aromatic nitrogens is 2. The molecule has 0 radical (unpaired) electrons. The Morgan fingerprint density at radius 1 is 1.83 bits per heavy atom. The molecular formula is C5H5N4O2S+. The summed E-state index contributed by atoms with van der Waals surface area (Å²) in [7, 11) is 0. The maximum Gasteiger partial charge on any atom is 0.494 e. The lowest BCUT2D eigenvalue weighted by molar-refractivity contribution is 0.0521. The molecule has 0 aliphatic heterocycles. The minimum atomic E-state index is -0.626. The highest BCUT2D eigenvalue weighted by Crippen LogP contribution is 2.21. The molecule has 0 aliphatic rings. The van der Waals surface area contributed by atoms with Crippen LogP contribution >= 0.6 is 11.5 Å². The Kier molecular flexibility index (Phi) is 2.66. The molecule has 0 saturated heterocycles. The van der Waals surface area contributed by atoms with Crippen LogP contribution < -0.4 is 0 Å². The van der Waals surface area contributed by atoms with Gasteiger partial charge >= 0.3 is 11.0 Å². The Balaban J connectivity index is 2.88. The van der Waals surface area contributed by atoms with Gasteiger partial charge < -0.3 is 4.74 Å². The topological polar surface area (TPSA) is 80.2 Å². The molecule has 0 aliphatic carbocycles. The van der Waals surface area contributed by atoms with Gasteiger partial charge in [-0.1, -0.05) is 4.49 Å². The van der Waals surface area contributed by atoms with Crippen molar-refractivity contribution in [1.29, 1.82) is 5.39 Å². The van der Waals surface area contributed by atoms with E-state index in [9.17, 15) is 4.79 Å². The van der Waals surface area contributed by atoms with E-state index in [1.807, 2.05) is 0 Å². The Hall–Kier alpha value is -1.55. The second-order valence-corrected chi connectivity index (χ2v) is 2.48. The van der Waals surface area contributed by atoms with Crippen LogP contribution in [0.3, 0.4) is 0 Å². The van der Waals surface area contributed by atoms with Crippen LogP contribution in [0.1, 0.15) is 17.4 Å². The van der Waals surface area contributed by atoms with Gasteiger partial charge in [0, 0.05) is 0 Å².